The lowest BCUT2D eigenvalue weighted by atomic mass is 10.0. The Morgan fingerprint density at radius 1 is 1.12 bits per heavy atom. The van der Waals surface area contributed by atoms with E-state index in [1.54, 1.807) is 18.2 Å². The highest BCUT2D eigenvalue weighted by Crippen LogP contribution is 2.31. The second kappa shape index (κ2) is 8.38. The third-order valence-corrected chi connectivity index (χ3v) is 4.52. The van der Waals surface area contributed by atoms with Gasteiger partial charge in [-0.25, -0.2) is 4.39 Å². The van der Waals surface area contributed by atoms with Gasteiger partial charge in [0, 0.05) is 18.2 Å². The van der Waals surface area contributed by atoms with Crippen LogP contribution in [0.2, 0.25) is 0 Å². The van der Waals surface area contributed by atoms with E-state index in [-0.39, 0.29) is 19.0 Å². The Bertz CT molecular complexity index is 635. The maximum absolute atomic E-state index is 13.5. The van der Waals surface area contributed by atoms with Crippen LogP contribution in [0.5, 0.6) is 0 Å². The third kappa shape index (κ3) is 4.41. The topological polar surface area (TPSA) is 32.7 Å². The van der Waals surface area contributed by atoms with Crippen LogP contribution < -0.4 is 0 Å². The van der Waals surface area contributed by atoms with E-state index in [2.05, 4.69) is 29.2 Å². The molecular weight excluding hydrogens is 305 g/mol. The number of hydrogen-bond donors (Lipinski definition) is 1. The average molecular weight is 329 g/mol. The van der Waals surface area contributed by atoms with E-state index in [1.807, 2.05) is 6.07 Å². The van der Waals surface area contributed by atoms with Gasteiger partial charge in [-0.05, 0) is 31.0 Å². The van der Waals surface area contributed by atoms with Gasteiger partial charge in [-0.3, -0.25) is 4.90 Å². The van der Waals surface area contributed by atoms with E-state index in [1.165, 1.54) is 11.6 Å². The first kappa shape index (κ1) is 17.1. The summed E-state index contributed by atoms with van der Waals surface area (Å²) in [5, 5.41) is 10.3. The summed E-state index contributed by atoms with van der Waals surface area (Å²) in [5.74, 6) is -0.268. The molecule has 2 aromatic carbocycles. The molecule has 3 nitrogen and oxygen atoms in total. The maximum atomic E-state index is 13.5. The van der Waals surface area contributed by atoms with Gasteiger partial charge in [0.2, 0.25) is 0 Å². The van der Waals surface area contributed by atoms with Gasteiger partial charge in [-0.1, -0.05) is 48.5 Å². The summed E-state index contributed by atoms with van der Waals surface area (Å²) in [4.78, 5) is 2.31. The van der Waals surface area contributed by atoms with Gasteiger partial charge in [0.25, 0.3) is 0 Å². The molecule has 2 aromatic rings. The molecule has 1 saturated heterocycles. The van der Waals surface area contributed by atoms with Crippen LogP contribution in [-0.2, 0) is 11.3 Å². The highest BCUT2D eigenvalue weighted by Gasteiger charge is 2.27. The smallest absolute Gasteiger partial charge is 0.128 e. The molecule has 1 aliphatic rings. The van der Waals surface area contributed by atoms with Gasteiger partial charge in [0.15, 0.2) is 0 Å². The second-order valence-electron chi connectivity index (χ2n) is 6.32. The quantitative estimate of drug-likeness (QED) is 0.843. The molecule has 24 heavy (non-hydrogen) atoms. The summed E-state index contributed by atoms with van der Waals surface area (Å²) >= 11 is 0. The van der Waals surface area contributed by atoms with Crippen LogP contribution in [0.15, 0.2) is 54.6 Å². The van der Waals surface area contributed by atoms with Gasteiger partial charge < -0.3 is 9.84 Å². The molecular formula is C20H24FNO2. The Balaban J connectivity index is 1.48. The Labute approximate surface area is 142 Å². The second-order valence-corrected chi connectivity index (χ2v) is 6.32. The molecule has 0 radical (unpaired) electrons. The molecule has 1 N–H and O–H groups in total. The van der Waals surface area contributed by atoms with Crippen molar-refractivity contribution in [3.8, 4) is 0 Å². The van der Waals surface area contributed by atoms with E-state index in [4.69, 9.17) is 4.74 Å². The molecule has 2 unspecified atom stereocenters. The number of ether oxygens (including phenoxy) is 1. The molecule has 1 aliphatic heterocycles. The average Bonchev–Trinajstić information content (AvgIpc) is 3.05. The Kier molecular flexibility index (Phi) is 5.96. The molecule has 2 atom stereocenters. The lowest BCUT2D eigenvalue weighted by molar-refractivity contribution is 0.00698. The Hall–Kier alpha value is -1.75. The minimum absolute atomic E-state index is 0.186. The predicted octanol–water partition coefficient (Wildman–Crippen LogP) is 3.54. The fraction of sp³-hybridized carbons (Fsp3) is 0.400. The van der Waals surface area contributed by atoms with Crippen molar-refractivity contribution in [3.05, 3.63) is 71.5 Å². The number of nitrogens with zero attached hydrogens (tertiary/aromatic N) is 1. The van der Waals surface area contributed by atoms with Gasteiger partial charge >= 0.3 is 0 Å². The van der Waals surface area contributed by atoms with E-state index >= 15 is 0 Å². The largest absolute Gasteiger partial charge is 0.389 e. The summed E-state index contributed by atoms with van der Waals surface area (Å²) in [5.41, 5.74) is 1.82. The zero-order valence-corrected chi connectivity index (χ0v) is 13.8. The summed E-state index contributed by atoms with van der Waals surface area (Å²) < 4.78 is 19.0. The van der Waals surface area contributed by atoms with Crippen LogP contribution in [0.3, 0.4) is 0 Å². The number of halogens is 1. The minimum Gasteiger partial charge on any atom is -0.389 e. The Morgan fingerprint density at radius 2 is 1.88 bits per heavy atom. The summed E-state index contributed by atoms with van der Waals surface area (Å²) in [6, 6.07) is 17.4. The number of aliphatic hydroxyl groups is 1. The third-order valence-electron chi connectivity index (χ3n) is 4.52. The van der Waals surface area contributed by atoms with Gasteiger partial charge in [0.05, 0.1) is 19.3 Å². The highest BCUT2D eigenvalue weighted by molar-refractivity contribution is 5.20. The molecule has 4 heteroatoms. The van der Waals surface area contributed by atoms with Crippen molar-refractivity contribution in [2.24, 2.45) is 0 Å². The highest BCUT2D eigenvalue weighted by atomic mass is 19.1. The number of rotatable bonds is 7. The van der Waals surface area contributed by atoms with E-state index in [9.17, 15) is 9.50 Å². The molecule has 0 amide bonds. The molecule has 128 valence electrons. The molecule has 0 saturated carbocycles. The SMILES string of the molecule is OC(COCc1ccccc1F)CN1CCCC1c1ccccc1. The summed E-state index contributed by atoms with van der Waals surface area (Å²) in [6.07, 6.45) is 1.69. The van der Waals surface area contributed by atoms with Crippen molar-refractivity contribution >= 4 is 0 Å². The first-order valence-electron chi connectivity index (χ1n) is 8.52. The van der Waals surface area contributed by atoms with Crippen molar-refractivity contribution in [1.82, 2.24) is 4.90 Å². The van der Waals surface area contributed by atoms with Gasteiger partial charge in [-0.2, -0.15) is 0 Å². The fourth-order valence-corrected chi connectivity index (χ4v) is 3.34. The minimum atomic E-state index is -0.568. The molecule has 0 aliphatic carbocycles. The summed E-state index contributed by atoms with van der Waals surface area (Å²) in [6.45, 7) is 1.97. The zero-order valence-electron chi connectivity index (χ0n) is 13.8. The molecule has 1 heterocycles. The number of aliphatic hydroxyl groups excluding tert-OH is 1. The van der Waals surface area contributed by atoms with E-state index in [0.29, 0.717) is 18.2 Å². The van der Waals surface area contributed by atoms with Crippen molar-refractivity contribution in [2.45, 2.75) is 31.6 Å². The molecule has 0 spiro atoms. The van der Waals surface area contributed by atoms with Crippen LogP contribution in [-0.4, -0.2) is 35.8 Å². The van der Waals surface area contributed by atoms with Crippen molar-refractivity contribution in [3.63, 3.8) is 0 Å². The molecule has 0 aromatic heterocycles. The Morgan fingerprint density at radius 3 is 2.67 bits per heavy atom. The van der Waals surface area contributed by atoms with Crippen LogP contribution in [0.25, 0.3) is 0 Å². The van der Waals surface area contributed by atoms with Crippen molar-refractivity contribution < 1.29 is 14.2 Å². The van der Waals surface area contributed by atoms with Crippen LogP contribution in [0.1, 0.15) is 30.0 Å². The maximum Gasteiger partial charge on any atom is 0.128 e. The first-order valence-corrected chi connectivity index (χ1v) is 8.52. The zero-order chi connectivity index (χ0) is 16.8. The number of hydrogen-bond acceptors (Lipinski definition) is 3. The normalized spacial score (nSPS) is 19.5. The molecule has 3 rings (SSSR count). The fourth-order valence-electron chi connectivity index (χ4n) is 3.34. The molecule has 0 bridgehead atoms. The van der Waals surface area contributed by atoms with Crippen LogP contribution in [0, 0.1) is 5.82 Å². The predicted molar refractivity (Wildman–Crippen MR) is 92.1 cm³/mol. The monoisotopic (exact) mass is 329 g/mol. The lowest BCUT2D eigenvalue weighted by Gasteiger charge is -2.27. The van der Waals surface area contributed by atoms with Crippen LogP contribution >= 0.6 is 0 Å². The van der Waals surface area contributed by atoms with Crippen molar-refractivity contribution in [2.75, 3.05) is 19.7 Å². The van der Waals surface area contributed by atoms with Gasteiger partial charge in [-0.15, -0.1) is 0 Å². The van der Waals surface area contributed by atoms with E-state index < -0.39 is 6.10 Å². The number of benzene rings is 2. The standard InChI is InChI=1S/C20H24FNO2/c21-19-10-5-4-9-17(19)14-24-15-18(23)13-22-12-6-11-20(22)16-7-2-1-3-8-16/h1-5,7-10,18,20,23H,6,11-15H2. The van der Waals surface area contributed by atoms with Crippen molar-refractivity contribution in [1.29, 1.82) is 0 Å². The molecule has 1 fully saturated rings. The van der Waals surface area contributed by atoms with Gasteiger partial charge in [0.1, 0.15) is 5.82 Å². The lowest BCUT2D eigenvalue weighted by Crippen LogP contribution is -2.34. The number of likely N-dealkylation sites (tertiary alicyclic amines) is 1. The van der Waals surface area contributed by atoms with E-state index in [0.717, 1.165) is 19.4 Å². The number of β-amino-alcohol motifs (C(OH)–C–C–N with tert-alkyl or cyclic N) is 1. The summed E-state index contributed by atoms with van der Waals surface area (Å²) in [7, 11) is 0. The first-order chi connectivity index (χ1) is 11.7. The van der Waals surface area contributed by atoms with Crippen LogP contribution in [0.4, 0.5) is 4.39 Å².